The molecule has 5 nitrogen and oxygen atoms in total. The molecule has 0 bridgehead atoms. The van der Waals surface area contributed by atoms with E-state index in [0.29, 0.717) is 32.7 Å². The monoisotopic (exact) mass is 276 g/mol. The zero-order chi connectivity index (χ0) is 14.5. The van der Waals surface area contributed by atoms with Gasteiger partial charge < -0.3 is 9.64 Å². The van der Waals surface area contributed by atoms with E-state index in [2.05, 4.69) is 9.64 Å². The van der Waals surface area contributed by atoms with Gasteiger partial charge in [-0.25, -0.2) is 4.79 Å². The van der Waals surface area contributed by atoms with Crippen LogP contribution in [0.4, 0.5) is 4.79 Å². The first-order valence-electron chi connectivity index (χ1n) is 6.75. The van der Waals surface area contributed by atoms with E-state index >= 15 is 0 Å². The number of rotatable bonds is 3. The smallest absolute Gasteiger partial charge is 0.409 e. The lowest BCUT2D eigenvalue weighted by Gasteiger charge is -2.33. The summed E-state index contributed by atoms with van der Waals surface area (Å²) < 4.78 is 4.69. The van der Waals surface area contributed by atoms with Gasteiger partial charge in [0.05, 0.1) is 13.7 Å². The van der Waals surface area contributed by atoms with Crippen molar-refractivity contribution >= 4 is 11.9 Å². The van der Waals surface area contributed by atoms with Crippen LogP contribution < -0.4 is 0 Å². The van der Waals surface area contributed by atoms with Crippen LogP contribution in [0, 0.1) is 6.92 Å². The van der Waals surface area contributed by atoms with Gasteiger partial charge >= 0.3 is 6.09 Å². The van der Waals surface area contributed by atoms with Gasteiger partial charge in [-0.2, -0.15) is 0 Å². The first kappa shape index (κ1) is 14.5. The Balaban J connectivity index is 1.85. The highest BCUT2D eigenvalue weighted by Gasteiger charge is 2.22. The lowest BCUT2D eigenvalue weighted by molar-refractivity contribution is 0.0790. The highest BCUT2D eigenvalue weighted by atomic mass is 16.5. The van der Waals surface area contributed by atoms with Crippen LogP contribution in [0.25, 0.3) is 0 Å². The number of Topliss-reactive ketones (excluding diaryl/α,β-unsaturated/α-hetero) is 1. The molecule has 0 unspecified atom stereocenters. The number of piperazine rings is 1. The second kappa shape index (κ2) is 6.52. The van der Waals surface area contributed by atoms with E-state index in [4.69, 9.17) is 0 Å². The SMILES string of the molecule is COC(=O)N1CCN(CC(=O)c2ccc(C)cc2)CC1. The number of benzene rings is 1. The molecule has 108 valence electrons. The van der Waals surface area contributed by atoms with Crippen molar-refractivity contribution < 1.29 is 14.3 Å². The zero-order valence-electron chi connectivity index (χ0n) is 12.0. The Morgan fingerprint density at radius 1 is 1.10 bits per heavy atom. The fourth-order valence-electron chi connectivity index (χ4n) is 2.25. The number of hydrogen-bond donors (Lipinski definition) is 0. The third-order valence-electron chi connectivity index (χ3n) is 3.55. The molecule has 1 aromatic carbocycles. The molecule has 20 heavy (non-hydrogen) atoms. The van der Waals surface area contributed by atoms with Gasteiger partial charge in [0.15, 0.2) is 5.78 Å². The number of carbonyl (C=O) groups excluding carboxylic acids is 2. The van der Waals surface area contributed by atoms with Crippen molar-refractivity contribution in [1.82, 2.24) is 9.80 Å². The van der Waals surface area contributed by atoms with Crippen LogP contribution >= 0.6 is 0 Å². The van der Waals surface area contributed by atoms with Crippen molar-refractivity contribution in [3.63, 3.8) is 0 Å². The molecular formula is C15H20N2O3. The van der Waals surface area contributed by atoms with E-state index < -0.39 is 0 Å². The first-order valence-corrected chi connectivity index (χ1v) is 6.75. The molecule has 0 spiro atoms. The number of aryl methyl sites for hydroxylation is 1. The Morgan fingerprint density at radius 2 is 1.70 bits per heavy atom. The Morgan fingerprint density at radius 3 is 2.25 bits per heavy atom. The maximum atomic E-state index is 12.1. The molecule has 0 aromatic heterocycles. The average molecular weight is 276 g/mol. The Kier molecular flexibility index (Phi) is 4.74. The van der Waals surface area contributed by atoms with E-state index in [0.717, 1.165) is 11.1 Å². The number of nitrogens with zero attached hydrogens (tertiary/aromatic N) is 2. The third kappa shape index (κ3) is 3.57. The van der Waals surface area contributed by atoms with E-state index in [1.54, 1.807) is 4.90 Å². The summed E-state index contributed by atoms with van der Waals surface area (Å²) in [5.74, 6) is 0.122. The van der Waals surface area contributed by atoms with Crippen LogP contribution in [0.2, 0.25) is 0 Å². The van der Waals surface area contributed by atoms with E-state index in [9.17, 15) is 9.59 Å². The summed E-state index contributed by atoms with van der Waals surface area (Å²) in [6.45, 7) is 5.01. The summed E-state index contributed by atoms with van der Waals surface area (Å²) in [6.07, 6.45) is -0.297. The lowest BCUT2D eigenvalue weighted by Crippen LogP contribution is -2.49. The molecule has 1 saturated heterocycles. The molecule has 5 heteroatoms. The molecule has 1 aromatic rings. The summed E-state index contributed by atoms with van der Waals surface area (Å²) in [4.78, 5) is 27.2. The molecule has 1 fully saturated rings. The summed E-state index contributed by atoms with van der Waals surface area (Å²) in [6, 6.07) is 7.62. The second-order valence-electron chi connectivity index (χ2n) is 5.02. The number of amides is 1. The van der Waals surface area contributed by atoms with Crippen LogP contribution in [0.1, 0.15) is 15.9 Å². The molecule has 0 aliphatic carbocycles. The van der Waals surface area contributed by atoms with Gasteiger partial charge in [-0.1, -0.05) is 29.8 Å². The van der Waals surface area contributed by atoms with Gasteiger partial charge in [0.25, 0.3) is 0 Å². The zero-order valence-corrected chi connectivity index (χ0v) is 12.0. The molecule has 2 rings (SSSR count). The molecule has 1 aliphatic rings. The normalized spacial score (nSPS) is 16.0. The molecule has 0 saturated carbocycles. The molecule has 1 heterocycles. The van der Waals surface area contributed by atoms with Gasteiger partial charge in [0.1, 0.15) is 0 Å². The van der Waals surface area contributed by atoms with Crippen LogP contribution in [0.15, 0.2) is 24.3 Å². The molecular weight excluding hydrogens is 256 g/mol. The number of hydrogen-bond acceptors (Lipinski definition) is 4. The molecule has 0 radical (unpaired) electrons. The van der Waals surface area contributed by atoms with Gasteiger partial charge in [0.2, 0.25) is 0 Å². The van der Waals surface area contributed by atoms with Crippen molar-refractivity contribution in [3.8, 4) is 0 Å². The van der Waals surface area contributed by atoms with Crippen molar-refractivity contribution in [3.05, 3.63) is 35.4 Å². The fraction of sp³-hybridized carbons (Fsp3) is 0.467. The maximum Gasteiger partial charge on any atom is 0.409 e. The predicted octanol–water partition coefficient (Wildman–Crippen LogP) is 1.56. The molecule has 1 amide bonds. The van der Waals surface area contributed by atoms with Crippen LogP contribution in [0.5, 0.6) is 0 Å². The number of ether oxygens (including phenoxy) is 1. The quantitative estimate of drug-likeness (QED) is 0.786. The van der Waals surface area contributed by atoms with Crippen molar-refractivity contribution in [2.75, 3.05) is 39.8 Å². The van der Waals surface area contributed by atoms with Crippen molar-refractivity contribution in [1.29, 1.82) is 0 Å². The topological polar surface area (TPSA) is 49.9 Å². The van der Waals surface area contributed by atoms with Gasteiger partial charge in [-0.3, -0.25) is 9.69 Å². The fourth-order valence-corrected chi connectivity index (χ4v) is 2.25. The van der Waals surface area contributed by atoms with Crippen LogP contribution in [-0.4, -0.2) is 61.5 Å². The summed E-state index contributed by atoms with van der Waals surface area (Å²) >= 11 is 0. The highest BCUT2D eigenvalue weighted by molar-refractivity contribution is 5.97. The number of carbonyl (C=O) groups is 2. The predicted molar refractivity (Wildman–Crippen MR) is 75.9 cm³/mol. The Bertz CT molecular complexity index is 476. The van der Waals surface area contributed by atoms with Gasteiger partial charge in [0, 0.05) is 31.7 Å². The minimum atomic E-state index is -0.297. The van der Waals surface area contributed by atoms with Gasteiger partial charge in [-0.15, -0.1) is 0 Å². The highest BCUT2D eigenvalue weighted by Crippen LogP contribution is 2.08. The number of ketones is 1. The minimum absolute atomic E-state index is 0.122. The average Bonchev–Trinajstić information content (AvgIpc) is 2.48. The van der Waals surface area contributed by atoms with E-state index in [1.807, 2.05) is 31.2 Å². The van der Waals surface area contributed by atoms with E-state index in [-0.39, 0.29) is 11.9 Å². The molecule has 1 aliphatic heterocycles. The Hall–Kier alpha value is -1.88. The van der Waals surface area contributed by atoms with Crippen LogP contribution in [0.3, 0.4) is 0 Å². The maximum absolute atomic E-state index is 12.1. The van der Waals surface area contributed by atoms with E-state index in [1.165, 1.54) is 7.11 Å². The lowest BCUT2D eigenvalue weighted by atomic mass is 10.1. The Labute approximate surface area is 119 Å². The largest absolute Gasteiger partial charge is 0.453 e. The van der Waals surface area contributed by atoms with Crippen molar-refractivity contribution in [2.45, 2.75) is 6.92 Å². The van der Waals surface area contributed by atoms with Crippen LogP contribution in [-0.2, 0) is 4.74 Å². The first-order chi connectivity index (χ1) is 9.60. The minimum Gasteiger partial charge on any atom is -0.453 e. The molecule has 0 N–H and O–H groups in total. The summed E-state index contributed by atoms with van der Waals surface area (Å²) in [7, 11) is 1.38. The summed E-state index contributed by atoms with van der Waals surface area (Å²) in [5, 5.41) is 0. The third-order valence-corrected chi connectivity index (χ3v) is 3.55. The number of methoxy groups -OCH3 is 1. The standard InChI is InChI=1S/C15H20N2O3/c1-12-3-5-13(6-4-12)14(18)11-16-7-9-17(10-8-16)15(19)20-2/h3-6H,7-11H2,1-2H3. The van der Waals surface area contributed by atoms with Gasteiger partial charge in [-0.05, 0) is 6.92 Å². The molecule has 0 atom stereocenters. The summed E-state index contributed by atoms with van der Waals surface area (Å²) in [5.41, 5.74) is 1.89. The van der Waals surface area contributed by atoms with Crippen molar-refractivity contribution in [2.24, 2.45) is 0 Å². The second-order valence-corrected chi connectivity index (χ2v) is 5.02.